The predicted octanol–water partition coefficient (Wildman–Crippen LogP) is 12.5. The molecule has 0 nitrogen and oxygen atoms in total. The first-order valence-electron chi connectivity index (χ1n) is 16.4. The Labute approximate surface area is 295 Å². The Morgan fingerprint density at radius 3 is 1.12 bits per heavy atom. The van der Waals surface area contributed by atoms with Crippen LogP contribution in [0.4, 0.5) is 0 Å². The first-order valence-corrected chi connectivity index (χ1v) is 17.6. The van der Waals surface area contributed by atoms with Gasteiger partial charge in [-0.3, -0.25) is 0 Å². The van der Waals surface area contributed by atoms with Crippen LogP contribution in [-0.2, 0) is 24.2 Å². The maximum Gasteiger partial charge on any atom is -0.0271 e. The van der Waals surface area contributed by atoms with E-state index in [4.69, 9.17) is 0 Å². The SMILES string of the molecule is [Zr+2]=[C](c1ccccc1)c1ccccc1.c1ccc2c(c1)ccc1ccc3cc[cH-]c3c12.c1ccc2c(c1)ccc1ccc3cc[cH-]c3c12. The van der Waals surface area contributed by atoms with Crippen LogP contribution in [0.3, 0.4) is 0 Å². The fraction of sp³-hybridized carbons (Fsp3) is 0. The van der Waals surface area contributed by atoms with Gasteiger partial charge in [0.05, 0.1) is 0 Å². The molecule has 0 spiro atoms. The summed E-state index contributed by atoms with van der Waals surface area (Å²) in [6.45, 7) is 0. The Hall–Kier alpha value is -5.23. The molecule has 0 aliphatic carbocycles. The zero-order valence-electron chi connectivity index (χ0n) is 26.5. The summed E-state index contributed by atoms with van der Waals surface area (Å²) in [6.07, 6.45) is 0. The van der Waals surface area contributed by atoms with Crippen LogP contribution in [0, 0.1) is 0 Å². The van der Waals surface area contributed by atoms with Gasteiger partial charge in [-0.05, 0) is 10.8 Å². The van der Waals surface area contributed by atoms with Crippen LogP contribution < -0.4 is 0 Å². The summed E-state index contributed by atoms with van der Waals surface area (Å²) in [5.41, 5.74) is 2.66. The molecule has 0 amide bonds. The number of hydrogen-bond acceptors (Lipinski definition) is 0. The smallest absolute Gasteiger partial charge is 0.0271 e. The van der Waals surface area contributed by atoms with Gasteiger partial charge in [-0.1, -0.05) is 117 Å². The molecular formula is C47H32Zr. The molecule has 0 radical (unpaired) electrons. The van der Waals surface area contributed by atoms with Gasteiger partial charge in [0.15, 0.2) is 0 Å². The van der Waals surface area contributed by atoms with E-state index < -0.39 is 0 Å². The van der Waals surface area contributed by atoms with Crippen molar-refractivity contribution in [2.45, 2.75) is 0 Å². The van der Waals surface area contributed by atoms with Crippen LogP contribution in [0.5, 0.6) is 0 Å². The van der Waals surface area contributed by atoms with Crippen molar-refractivity contribution in [3.63, 3.8) is 0 Å². The molecule has 224 valence electrons. The summed E-state index contributed by atoms with van der Waals surface area (Å²) in [5.74, 6) is 0. The second-order valence-electron chi connectivity index (χ2n) is 12.1. The molecule has 1 heteroatoms. The summed E-state index contributed by atoms with van der Waals surface area (Å²) < 4.78 is 1.42. The van der Waals surface area contributed by atoms with E-state index in [9.17, 15) is 0 Å². The summed E-state index contributed by atoms with van der Waals surface area (Å²) in [6, 6.07) is 69.0. The van der Waals surface area contributed by atoms with Crippen LogP contribution in [0.1, 0.15) is 11.1 Å². The zero-order valence-corrected chi connectivity index (χ0v) is 28.9. The van der Waals surface area contributed by atoms with Gasteiger partial charge in [-0.25, -0.2) is 0 Å². The van der Waals surface area contributed by atoms with Crippen molar-refractivity contribution in [3.8, 4) is 0 Å². The predicted molar refractivity (Wildman–Crippen MR) is 205 cm³/mol. The largest absolute Gasteiger partial charge is 0.168 e. The molecule has 0 aliphatic rings. The summed E-state index contributed by atoms with van der Waals surface area (Å²) in [5, 5.41) is 16.1. The van der Waals surface area contributed by atoms with E-state index in [0.29, 0.717) is 0 Å². The standard InChI is InChI=1S/2C17H11.C13H10.Zr/c2*1-2-6-15-12(4-1)8-10-14-11-9-13-5-3-7-16(13)17(14)15;1-3-7-12(8-4-1)11-13-9-5-2-6-10-13;/h2*1-11H;1-10H;/q2*-1;;+2. The molecular weight excluding hydrogens is 656 g/mol. The Morgan fingerprint density at radius 2 is 0.688 bits per heavy atom. The van der Waals surface area contributed by atoms with Crippen molar-refractivity contribution < 1.29 is 24.2 Å². The van der Waals surface area contributed by atoms with E-state index >= 15 is 0 Å². The first-order chi connectivity index (χ1) is 23.7. The number of fused-ring (bicyclic) bond motifs is 10. The van der Waals surface area contributed by atoms with Gasteiger partial charge < -0.3 is 0 Å². The van der Waals surface area contributed by atoms with Gasteiger partial charge >= 0.3 is 99.2 Å². The van der Waals surface area contributed by atoms with E-state index in [1.165, 1.54) is 103 Å². The van der Waals surface area contributed by atoms with Crippen LogP contribution in [0.15, 0.2) is 194 Å². The van der Waals surface area contributed by atoms with Crippen LogP contribution in [0.2, 0.25) is 0 Å². The van der Waals surface area contributed by atoms with Gasteiger partial charge in [0.1, 0.15) is 0 Å². The average molecular weight is 688 g/mol. The minimum Gasteiger partial charge on any atom is -0.168 e. The third kappa shape index (κ3) is 5.88. The molecule has 0 N–H and O–H groups in total. The van der Waals surface area contributed by atoms with Crippen molar-refractivity contribution in [1.82, 2.24) is 0 Å². The van der Waals surface area contributed by atoms with E-state index in [2.05, 4.69) is 194 Å². The number of benzene rings is 8. The molecule has 10 rings (SSSR count). The molecule has 0 aliphatic heterocycles. The fourth-order valence-corrected chi connectivity index (χ4v) is 7.62. The van der Waals surface area contributed by atoms with Crippen molar-refractivity contribution in [1.29, 1.82) is 0 Å². The molecule has 0 atom stereocenters. The maximum atomic E-state index is 2.21. The van der Waals surface area contributed by atoms with Crippen LogP contribution in [0.25, 0.3) is 64.6 Å². The Morgan fingerprint density at radius 1 is 0.333 bits per heavy atom. The summed E-state index contributed by atoms with van der Waals surface area (Å²) >= 11 is 1.46. The van der Waals surface area contributed by atoms with Crippen LogP contribution >= 0.6 is 0 Å². The topological polar surface area (TPSA) is 0 Å². The van der Waals surface area contributed by atoms with E-state index in [1.807, 2.05) is 0 Å². The fourth-order valence-electron chi connectivity index (χ4n) is 6.81. The molecule has 10 aromatic carbocycles. The van der Waals surface area contributed by atoms with Gasteiger partial charge in [-0.2, -0.15) is 24.3 Å². The molecule has 0 fully saturated rings. The molecule has 0 heterocycles. The van der Waals surface area contributed by atoms with Crippen LogP contribution in [-0.4, -0.2) is 3.21 Å². The zero-order chi connectivity index (χ0) is 32.3. The molecule has 0 bridgehead atoms. The van der Waals surface area contributed by atoms with Gasteiger partial charge in [0.25, 0.3) is 0 Å². The minimum atomic E-state index is 1.31. The van der Waals surface area contributed by atoms with E-state index in [0.717, 1.165) is 0 Å². The molecule has 0 unspecified atom stereocenters. The molecule has 0 saturated carbocycles. The van der Waals surface area contributed by atoms with E-state index in [1.54, 1.807) is 0 Å². The van der Waals surface area contributed by atoms with E-state index in [-0.39, 0.29) is 0 Å². The maximum absolute atomic E-state index is 2.21. The van der Waals surface area contributed by atoms with Crippen molar-refractivity contribution in [2.24, 2.45) is 0 Å². The van der Waals surface area contributed by atoms with Crippen molar-refractivity contribution in [2.75, 3.05) is 0 Å². The third-order valence-electron chi connectivity index (χ3n) is 9.17. The van der Waals surface area contributed by atoms with Crippen molar-refractivity contribution in [3.05, 3.63) is 205 Å². The molecule has 48 heavy (non-hydrogen) atoms. The second kappa shape index (κ2) is 13.5. The minimum absolute atomic E-state index is 1.31. The van der Waals surface area contributed by atoms with Crippen molar-refractivity contribution >= 4 is 67.8 Å². The normalized spacial score (nSPS) is 11.0. The number of hydrogen-bond donors (Lipinski definition) is 0. The van der Waals surface area contributed by atoms with Gasteiger partial charge in [0, 0.05) is 0 Å². The average Bonchev–Trinajstić information content (AvgIpc) is 3.86. The Balaban J connectivity index is 0.000000106. The Kier molecular flexibility index (Phi) is 8.46. The molecule has 10 aromatic rings. The molecule has 0 aromatic heterocycles. The second-order valence-corrected chi connectivity index (χ2v) is 13.3. The summed E-state index contributed by atoms with van der Waals surface area (Å²) in [7, 11) is 0. The monoisotopic (exact) mass is 686 g/mol. The first kappa shape index (κ1) is 30.1. The number of rotatable bonds is 2. The Bertz CT molecular complexity index is 2490. The quantitative estimate of drug-likeness (QED) is 0.125. The molecule has 0 saturated heterocycles. The summed E-state index contributed by atoms with van der Waals surface area (Å²) in [4.78, 5) is 0. The van der Waals surface area contributed by atoms with Gasteiger partial charge in [0.2, 0.25) is 0 Å². The van der Waals surface area contributed by atoms with Gasteiger partial charge in [-0.15, -0.1) is 45.8 Å². The third-order valence-corrected chi connectivity index (χ3v) is 10.6.